The maximum absolute atomic E-state index is 12.9. The zero-order valence-electron chi connectivity index (χ0n) is 8.78. The Balaban J connectivity index is 1.96. The summed E-state index contributed by atoms with van der Waals surface area (Å²) in [6.07, 6.45) is 1.40. The number of nitrogens with one attached hydrogen (secondary N) is 1. The highest BCUT2D eigenvalue weighted by atomic mass is 19.1. The molecular weight excluding hydrogens is 207 g/mol. The van der Waals surface area contributed by atoms with Crippen molar-refractivity contribution in [2.45, 2.75) is 19.4 Å². The number of nitrogens with two attached hydrogens (primary N) is 1. The second-order valence-electron chi connectivity index (χ2n) is 3.53. The molecule has 0 amide bonds. The van der Waals surface area contributed by atoms with Crippen LogP contribution in [0.4, 0.5) is 4.39 Å². The Morgan fingerprint density at radius 2 is 2.19 bits per heavy atom. The highest BCUT2D eigenvalue weighted by molar-refractivity contribution is 5.17. The summed E-state index contributed by atoms with van der Waals surface area (Å²) in [6, 6.07) is 6.55. The molecule has 2 aromatic rings. The molecule has 1 heterocycles. The number of nitrogens with zero attached hydrogens (tertiary/aromatic N) is 2. The highest BCUT2D eigenvalue weighted by Crippen LogP contribution is 2.06. The van der Waals surface area contributed by atoms with Crippen LogP contribution in [0.15, 0.2) is 24.3 Å². The number of halogens is 1. The van der Waals surface area contributed by atoms with Crippen molar-refractivity contribution in [1.82, 2.24) is 15.2 Å². The number of rotatable bonds is 4. The molecule has 16 heavy (non-hydrogen) atoms. The number of aromatic nitrogens is 3. The van der Waals surface area contributed by atoms with Crippen LogP contribution in [0.25, 0.3) is 0 Å². The minimum absolute atomic E-state index is 0.213. The fourth-order valence-corrected chi connectivity index (χ4v) is 1.49. The van der Waals surface area contributed by atoms with Gasteiger partial charge in [0.05, 0.1) is 6.54 Å². The molecule has 0 bridgehead atoms. The van der Waals surface area contributed by atoms with Gasteiger partial charge in [-0.25, -0.2) is 9.37 Å². The van der Waals surface area contributed by atoms with Gasteiger partial charge in [0, 0.05) is 6.42 Å². The van der Waals surface area contributed by atoms with Crippen LogP contribution in [-0.4, -0.2) is 15.2 Å². The minimum Gasteiger partial charge on any atom is -0.324 e. The van der Waals surface area contributed by atoms with E-state index in [-0.39, 0.29) is 5.82 Å². The van der Waals surface area contributed by atoms with Crippen molar-refractivity contribution in [3.05, 3.63) is 47.3 Å². The van der Waals surface area contributed by atoms with Gasteiger partial charge in [-0.2, -0.15) is 5.10 Å². The van der Waals surface area contributed by atoms with Crippen LogP contribution in [0, 0.1) is 5.82 Å². The molecule has 5 heteroatoms. The number of H-pyrrole nitrogens is 1. The average molecular weight is 220 g/mol. The van der Waals surface area contributed by atoms with Crippen molar-refractivity contribution in [2.24, 2.45) is 5.73 Å². The van der Waals surface area contributed by atoms with Crippen LogP contribution in [0.1, 0.15) is 17.2 Å². The SMILES string of the molecule is NCc1nc(CCc2cccc(F)c2)n[nH]1. The summed E-state index contributed by atoms with van der Waals surface area (Å²) in [5.41, 5.74) is 6.35. The molecule has 0 saturated heterocycles. The first kappa shape index (κ1) is 10.8. The fourth-order valence-electron chi connectivity index (χ4n) is 1.49. The van der Waals surface area contributed by atoms with Crippen molar-refractivity contribution in [3.63, 3.8) is 0 Å². The Hall–Kier alpha value is -1.75. The van der Waals surface area contributed by atoms with E-state index >= 15 is 0 Å². The predicted octanol–water partition coefficient (Wildman–Crippen LogP) is 1.19. The van der Waals surface area contributed by atoms with E-state index in [0.717, 1.165) is 12.0 Å². The summed E-state index contributed by atoms with van der Waals surface area (Å²) < 4.78 is 12.9. The number of aryl methyl sites for hydroxylation is 2. The summed E-state index contributed by atoms with van der Waals surface area (Å²) in [4.78, 5) is 4.18. The molecule has 1 aromatic heterocycles. The van der Waals surface area contributed by atoms with Crippen LogP contribution in [-0.2, 0) is 19.4 Å². The molecule has 0 radical (unpaired) electrons. The van der Waals surface area contributed by atoms with E-state index in [1.807, 2.05) is 6.07 Å². The van der Waals surface area contributed by atoms with Crippen LogP contribution < -0.4 is 5.73 Å². The van der Waals surface area contributed by atoms with E-state index in [0.29, 0.717) is 24.6 Å². The van der Waals surface area contributed by atoms with Crippen LogP contribution >= 0.6 is 0 Å². The second kappa shape index (κ2) is 4.85. The molecule has 1 aromatic carbocycles. The molecule has 84 valence electrons. The van der Waals surface area contributed by atoms with Gasteiger partial charge in [-0.05, 0) is 24.1 Å². The monoisotopic (exact) mass is 220 g/mol. The first-order chi connectivity index (χ1) is 7.78. The molecule has 0 unspecified atom stereocenters. The molecule has 0 spiro atoms. The maximum atomic E-state index is 12.9. The van der Waals surface area contributed by atoms with Crippen molar-refractivity contribution >= 4 is 0 Å². The van der Waals surface area contributed by atoms with E-state index in [1.165, 1.54) is 12.1 Å². The van der Waals surface area contributed by atoms with Crippen LogP contribution in [0.2, 0.25) is 0 Å². The van der Waals surface area contributed by atoms with Gasteiger partial charge in [0.15, 0.2) is 5.82 Å². The number of aromatic amines is 1. The second-order valence-corrected chi connectivity index (χ2v) is 3.53. The number of benzene rings is 1. The summed E-state index contributed by atoms with van der Waals surface area (Å²) in [5, 5.41) is 6.76. The van der Waals surface area contributed by atoms with E-state index in [4.69, 9.17) is 5.73 Å². The Morgan fingerprint density at radius 1 is 1.31 bits per heavy atom. The Morgan fingerprint density at radius 3 is 2.88 bits per heavy atom. The number of hydrogen-bond acceptors (Lipinski definition) is 3. The van der Waals surface area contributed by atoms with Gasteiger partial charge in [0.1, 0.15) is 11.6 Å². The minimum atomic E-state index is -0.213. The number of hydrogen-bond donors (Lipinski definition) is 2. The first-order valence-electron chi connectivity index (χ1n) is 5.12. The van der Waals surface area contributed by atoms with Crippen LogP contribution in [0.3, 0.4) is 0 Å². The standard InChI is InChI=1S/C11H13FN4/c12-9-3-1-2-8(6-9)4-5-10-14-11(7-13)16-15-10/h1-3,6H,4-5,7,13H2,(H,14,15,16). The normalized spacial score (nSPS) is 10.6. The molecule has 0 aliphatic heterocycles. The quantitative estimate of drug-likeness (QED) is 0.813. The zero-order valence-corrected chi connectivity index (χ0v) is 8.78. The van der Waals surface area contributed by atoms with Gasteiger partial charge in [-0.1, -0.05) is 12.1 Å². The van der Waals surface area contributed by atoms with Gasteiger partial charge >= 0.3 is 0 Å². The molecule has 0 aliphatic rings. The van der Waals surface area contributed by atoms with Gasteiger partial charge < -0.3 is 5.73 Å². The van der Waals surface area contributed by atoms with Gasteiger partial charge in [0.2, 0.25) is 0 Å². The molecule has 2 rings (SSSR count). The maximum Gasteiger partial charge on any atom is 0.151 e. The van der Waals surface area contributed by atoms with Crippen molar-refractivity contribution in [1.29, 1.82) is 0 Å². The molecule has 0 saturated carbocycles. The molecule has 0 atom stereocenters. The Bertz CT molecular complexity index is 467. The summed E-state index contributed by atoms with van der Waals surface area (Å²) in [6.45, 7) is 0.354. The molecule has 0 aliphatic carbocycles. The Labute approximate surface area is 92.7 Å². The predicted molar refractivity (Wildman–Crippen MR) is 58.1 cm³/mol. The highest BCUT2D eigenvalue weighted by Gasteiger charge is 2.02. The fraction of sp³-hybridized carbons (Fsp3) is 0.273. The van der Waals surface area contributed by atoms with Crippen molar-refractivity contribution in [3.8, 4) is 0 Å². The van der Waals surface area contributed by atoms with E-state index < -0.39 is 0 Å². The first-order valence-corrected chi connectivity index (χ1v) is 5.12. The molecular formula is C11H13FN4. The third kappa shape index (κ3) is 2.64. The average Bonchev–Trinajstić information content (AvgIpc) is 2.74. The molecule has 4 nitrogen and oxygen atoms in total. The topological polar surface area (TPSA) is 67.6 Å². The smallest absolute Gasteiger partial charge is 0.151 e. The van der Waals surface area contributed by atoms with Gasteiger partial charge in [-0.3, -0.25) is 5.10 Å². The third-order valence-electron chi connectivity index (χ3n) is 2.30. The van der Waals surface area contributed by atoms with E-state index in [1.54, 1.807) is 6.07 Å². The van der Waals surface area contributed by atoms with Gasteiger partial charge in [0.25, 0.3) is 0 Å². The molecule has 0 fully saturated rings. The lowest BCUT2D eigenvalue weighted by molar-refractivity contribution is 0.625. The summed E-state index contributed by atoms with van der Waals surface area (Å²) >= 11 is 0. The lowest BCUT2D eigenvalue weighted by Crippen LogP contribution is -1.98. The van der Waals surface area contributed by atoms with E-state index in [2.05, 4.69) is 15.2 Å². The van der Waals surface area contributed by atoms with Crippen molar-refractivity contribution < 1.29 is 4.39 Å². The largest absolute Gasteiger partial charge is 0.324 e. The lowest BCUT2D eigenvalue weighted by atomic mass is 10.1. The lowest BCUT2D eigenvalue weighted by Gasteiger charge is -1.98. The summed E-state index contributed by atoms with van der Waals surface area (Å²) in [7, 11) is 0. The molecule has 3 N–H and O–H groups in total. The zero-order chi connectivity index (χ0) is 11.4. The third-order valence-corrected chi connectivity index (χ3v) is 2.30. The Kier molecular flexibility index (Phi) is 3.26. The van der Waals surface area contributed by atoms with Gasteiger partial charge in [-0.15, -0.1) is 0 Å². The van der Waals surface area contributed by atoms with Crippen LogP contribution in [0.5, 0.6) is 0 Å². The van der Waals surface area contributed by atoms with E-state index in [9.17, 15) is 4.39 Å². The summed E-state index contributed by atoms with van der Waals surface area (Å²) in [5.74, 6) is 1.18. The van der Waals surface area contributed by atoms with Crippen molar-refractivity contribution in [2.75, 3.05) is 0 Å².